The minimum absolute atomic E-state index is 0.293. The topological polar surface area (TPSA) is 42.0 Å². The molecular formula is C18H14BrFN2OS. The molecule has 1 aromatic heterocycles. The van der Waals surface area contributed by atoms with Crippen LogP contribution in [-0.2, 0) is 6.42 Å². The second-order valence-electron chi connectivity index (χ2n) is 5.29. The molecule has 122 valence electrons. The van der Waals surface area contributed by atoms with Gasteiger partial charge in [-0.25, -0.2) is 9.37 Å². The van der Waals surface area contributed by atoms with Gasteiger partial charge in [-0.2, -0.15) is 0 Å². The third-order valence-corrected chi connectivity index (χ3v) is 5.10. The van der Waals surface area contributed by atoms with Crippen LogP contribution in [0.2, 0.25) is 0 Å². The van der Waals surface area contributed by atoms with Crippen LogP contribution in [0.5, 0.6) is 0 Å². The number of nitrogens with one attached hydrogen (secondary N) is 1. The van der Waals surface area contributed by atoms with E-state index in [1.165, 1.54) is 41.2 Å². The van der Waals surface area contributed by atoms with Gasteiger partial charge in [0.25, 0.3) is 5.91 Å². The lowest BCUT2D eigenvalue weighted by atomic mass is 10.1. The largest absolute Gasteiger partial charge is 0.298 e. The molecular weight excluding hydrogens is 391 g/mol. The van der Waals surface area contributed by atoms with E-state index in [1.54, 1.807) is 0 Å². The van der Waals surface area contributed by atoms with Gasteiger partial charge < -0.3 is 0 Å². The molecule has 0 aliphatic heterocycles. The molecule has 0 saturated heterocycles. The van der Waals surface area contributed by atoms with E-state index in [9.17, 15) is 9.18 Å². The average molecular weight is 405 g/mol. The fraction of sp³-hybridized carbons (Fsp3) is 0.111. The summed E-state index contributed by atoms with van der Waals surface area (Å²) in [6, 6.07) is 13.6. The van der Waals surface area contributed by atoms with Crippen LogP contribution >= 0.6 is 27.3 Å². The molecule has 1 heterocycles. The fourth-order valence-corrected chi connectivity index (χ4v) is 3.46. The van der Waals surface area contributed by atoms with Crippen molar-refractivity contribution in [3.05, 3.63) is 80.5 Å². The molecule has 6 heteroatoms. The Morgan fingerprint density at radius 2 is 1.83 bits per heavy atom. The van der Waals surface area contributed by atoms with Crippen LogP contribution in [-0.4, -0.2) is 10.9 Å². The monoisotopic (exact) mass is 404 g/mol. The standard InChI is InChI=1S/C18H14BrFN2OS/c1-11-16(10-12-2-6-14(19)7-3-12)24-18(21-11)22-17(23)13-4-8-15(20)9-5-13/h2-9H,10H2,1H3,(H,21,22,23). The smallest absolute Gasteiger partial charge is 0.257 e. The number of aromatic nitrogens is 1. The molecule has 0 fully saturated rings. The number of anilines is 1. The fourth-order valence-electron chi connectivity index (χ4n) is 2.20. The normalized spacial score (nSPS) is 10.6. The van der Waals surface area contributed by atoms with Gasteiger partial charge in [0, 0.05) is 21.3 Å². The van der Waals surface area contributed by atoms with Gasteiger partial charge in [0.05, 0.1) is 5.69 Å². The number of thiazole rings is 1. The summed E-state index contributed by atoms with van der Waals surface area (Å²) < 4.78 is 14.0. The number of hydrogen-bond donors (Lipinski definition) is 1. The average Bonchev–Trinajstić information content (AvgIpc) is 2.89. The summed E-state index contributed by atoms with van der Waals surface area (Å²) in [6.45, 7) is 1.93. The Morgan fingerprint density at radius 1 is 1.17 bits per heavy atom. The number of carbonyl (C=O) groups is 1. The molecule has 0 bridgehead atoms. The van der Waals surface area contributed by atoms with Gasteiger partial charge in [-0.3, -0.25) is 10.1 Å². The first kappa shape index (κ1) is 16.8. The first-order valence-electron chi connectivity index (χ1n) is 7.29. The first-order chi connectivity index (χ1) is 11.5. The summed E-state index contributed by atoms with van der Waals surface area (Å²) in [4.78, 5) is 17.7. The van der Waals surface area contributed by atoms with E-state index in [2.05, 4.69) is 38.4 Å². The number of hydrogen-bond acceptors (Lipinski definition) is 3. The van der Waals surface area contributed by atoms with Crippen LogP contribution in [0.25, 0.3) is 0 Å². The molecule has 0 aliphatic rings. The molecule has 24 heavy (non-hydrogen) atoms. The van der Waals surface area contributed by atoms with E-state index in [-0.39, 0.29) is 11.7 Å². The second-order valence-corrected chi connectivity index (χ2v) is 7.29. The van der Waals surface area contributed by atoms with E-state index in [0.29, 0.717) is 10.7 Å². The van der Waals surface area contributed by atoms with Crippen molar-refractivity contribution in [2.75, 3.05) is 5.32 Å². The zero-order chi connectivity index (χ0) is 17.1. The third kappa shape index (κ3) is 4.07. The van der Waals surface area contributed by atoms with Gasteiger partial charge >= 0.3 is 0 Å². The predicted molar refractivity (Wildman–Crippen MR) is 98.2 cm³/mol. The van der Waals surface area contributed by atoms with Gasteiger partial charge in [0.15, 0.2) is 5.13 Å². The Hall–Kier alpha value is -2.05. The van der Waals surface area contributed by atoms with Gasteiger partial charge in [0.1, 0.15) is 5.82 Å². The summed E-state index contributed by atoms with van der Waals surface area (Å²) in [7, 11) is 0. The molecule has 2 aromatic carbocycles. The number of nitrogens with zero attached hydrogens (tertiary/aromatic N) is 1. The molecule has 3 nitrogen and oxygen atoms in total. The van der Waals surface area contributed by atoms with Crippen molar-refractivity contribution >= 4 is 38.3 Å². The Kier molecular flexibility index (Phi) is 5.06. The van der Waals surface area contributed by atoms with Crippen LogP contribution < -0.4 is 5.32 Å². The van der Waals surface area contributed by atoms with Crippen LogP contribution in [0, 0.1) is 12.7 Å². The SMILES string of the molecule is Cc1nc(NC(=O)c2ccc(F)cc2)sc1Cc1ccc(Br)cc1. The highest BCUT2D eigenvalue weighted by Crippen LogP contribution is 2.26. The van der Waals surface area contributed by atoms with Crippen molar-refractivity contribution < 1.29 is 9.18 Å². The molecule has 0 unspecified atom stereocenters. The van der Waals surface area contributed by atoms with Crippen molar-refractivity contribution in [3.63, 3.8) is 0 Å². The highest BCUT2D eigenvalue weighted by molar-refractivity contribution is 9.10. The number of benzene rings is 2. The highest BCUT2D eigenvalue weighted by atomic mass is 79.9. The number of rotatable bonds is 4. The maximum absolute atomic E-state index is 12.9. The van der Waals surface area contributed by atoms with Gasteiger partial charge in [-0.05, 0) is 48.9 Å². The lowest BCUT2D eigenvalue weighted by molar-refractivity contribution is 0.102. The highest BCUT2D eigenvalue weighted by Gasteiger charge is 2.12. The van der Waals surface area contributed by atoms with Crippen LogP contribution in [0.3, 0.4) is 0 Å². The van der Waals surface area contributed by atoms with Crippen molar-refractivity contribution in [2.24, 2.45) is 0 Å². The molecule has 1 N–H and O–H groups in total. The summed E-state index contributed by atoms with van der Waals surface area (Å²) in [5.74, 6) is -0.660. The van der Waals surface area contributed by atoms with Crippen LogP contribution in [0.15, 0.2) is 53.0 Å². The Labute approximate surface area is 151 Å². The summed E-state index contributed by atoms with van der Waals surface area (Å²) in [5, 5.41) is 3.32. The molecule has 3 aromatic rings. The molecule has 0 saturated carbocycles. The zero-order valence-electron chi connectivity index (χ0n) is 12.8. The minimum Gasteiger partial charge on any atom is -0.298 e. The second kappa shape index (κ2) is 7.23. The summed E-state index contributed by atoms with van der Waals surface area (Å²) in [6.07, 6.45) is 0.767. The van der Waals surface area contributed by atoms with E-state index in [4.69, 9.17) is 0 Å². The summed E-state index contributed by atoms with van der Waals surface area (Å²) in [5.41, 5.74) is 2.48. The number of amides is 1. The summed E-state index contributed by atoms with van der Waals surface area (Å²) >= 11 is 4.88. The Morgan fingerprint density at radius 3 is 2.50 bits per heavy atom. The van der Waals surface area contributed by atoms with Crippen molar-refractivity contribution in [1.29, 1.82) is 0 Å². The number of aryl methyl sites for hydroxylation is 1. The van der Waals surface area contributed by atoms with Crippen LogP contribution in [0.1, 0.15) is 26.5 Å². The zero-order valence-corrected chi connectivity index (χ0v) is 15.2. The molecule has 0 aliphatic carbocycles. The minimum atomic E-state index is -0.367. The lowest BCUT2D eigenvalue weighted by Crippen LogP contribution is -2.11. The molecule has 0 radical (unpaired) electrons. The molecule has 0 atom stereocenters. The van der Waals surface area contributed by atoms with E-state index < -0.39 is 0 Å². The molecule has 0 spiro atoms. The van der Waals surface area contributed by atoms with E-state index in [0.717, 1.165) is 21.5 Å². The first-order valence-corrected chi connectivity index (χ1v) is 8.90. The maximum Gasteiger partial charge on any atom is 0.257 e. The molecule has 3 rings (SSSR count). The van der Waals surface area contributed by atoms with Gasteiger partial charge in [-0.1, -0.05) is 28.1 Å². The Bertz CT molecular complexity index is 860. The maximum atomic E-state index is 12.9. The number of halogens is 2. The Balaban J connectivity index is 1.72. The van der Waals surface area contributed by atoms with E-state index >= 15 is 0 Å². The van der Waals surface area contributed by atoms with E-state index in [1.807, 2.05) is 19.1 Å². The third-order valence-electron chi connectivity index (χ3n) is 3.50. The van der Waals surface area contributed by atoms with Crippen molar-refractivity contribution in [3.8, 4) is 0 Å². The van der Waals surface area contributed by atoms with Gasteiger partial charge in [-0.15, -0.1) is 11.3 Å². The van der Waals surface area contributed by atoms with Crippen LogP contribution in [0.4, 0.5) is 9.52 Å². The van der Waals surface area contributed by atoms with Crippen molar-refractivity contribution in [1.82, 2.24) is 4.98 Å². The van der Waals surface area contributed by atoms with Crippen molar-refractivity contribution in [2.45, 2.75) is 13.3 Å². The molecule has 1 amide bonds. The predicted octanol–water partition coefficient (Wildman–Crippen LogP) is 5.20. The quantitative estimate of drug-likeness (QED) is 0.649. The number of carbonyl (C=O) groups excluding carboxylic acids is 1. The van der Waals surface area contributed by atoms with Gasteiger partial charge in [0.2, 0.25) is 0 Å². The lowest BCUT2D eigenvalue weighted by Gasteiger charge is -2.01.